The maximum absolute atomic E-state index is 12.8. The van der Waals surface area contributed by atoms with Gasteiger partial charge in [0.2, 0.25) is 15.9 Å². The molecule has 1 amide bonds. The second-order valence-corrected chi connectivity index (χ2v) is 8.59. The molecule has 7 nitrogen and oxygen atoms in total. The van der Waals surface area contributed by atoms with Crippen molar-refractivity contribution < 1.29 is 35.9 Å². The fourth-order valence-corrected chi connectivity index (χ4v) is 3.89. The van der Waals surface area contributed by atoms with E-state index in [0.29, 0.717) is 25.4 Å². The molecule has 1 heterocycles. The minimum Gasteiger partial charge on any atom is -0.490 e. The Hall–Kier alpha value is -2.79. The molecule has 30 heavy (non-hydrogen) atoms. The van der Waals surface area contributed by atoms with E-state index in [1.54, 1.807) is 0 Å². The Bertz CT molecular complexity index is 1040. The van der Waals surface area contributed by atoms with Crippen molar-refractivity contribution in [1.29, 1.82) is 0 Å². The second kappa shape index (κ2) is 8.52. The van der Waals surface area contributed by atoms with Crippen LogP contribution in [0.4, 0.5) is 18.9 Å². The zero-order chi connectivity index (χ0) is 21.9. The van der Waals surface area contributed by atoms with Crippen LogP contribution in [0.1, 0.15) is 12.0 Å². The lowest BCUT2D eigenvalue weighted by Gasteiger charge is -2.18. The fraction of sp³-hybridized carbons (Fsp3) is 0.316. The summed E-state index contributed by atoms with van der Waals surface area (Å²) in [6.07, 6.45) is -3.90. The number of nitrogens with zero attached hydrogens (tertiary/aromatic N) is 1. The number of carbonyl (C=O) groups excluding carboxylic acids is 1. The van der Waals surface area contributed by atoms with Gasteiger partial charge >= 0.3 is 6.18 Å². The Labute approximate surface area is 171 Å². The van der Waals surface area contributed by atoms with Gasteiger partial charge in [-0.3, -0.25) is 4.79 Å². The Kier molecular flexibility index (Phi) is 6.22. The number of ether oxygens (including phenoxy) is 2. The summed E-state index contributed by atoms with van der Waals surface area (Å²) in [5.41, 5.74) is -1.01. The van der Waals surface area contributed by atoms with Crippen LogP contribution in [-0.2, 0) is 21.0 Å². The smallest absolute Gasteiger partial charge is 0.416 e. The van der Waals surface area contributed by atoms with Crippen LogP contribution in [0, 0.1) is 0 Å². The van der Waals surface area contributed by atoms with Crippen molar-refractivity contribution in [3.63, 3.8) is 0 Å². The number of benzene rings is 2. The molecule has 0 fully saturated rings. The van der Waals surface area contributed by atoms with Crippen LogP contribution in [0.2, 0.25) is 0 Å². The van der Waals surface area contributed by atoms with Gasteiger partial charge in [-0.1, -0.05) is 6.07 Å². The molecule has 162 valence electrons. The van der Waals surface area contributed by atoms with E-state index < -0.39 is 34.2 Å². The molecule has 1 aliphatic rings. The maximum Gasteiger partial charge on any atom is 0.416 e. The van der Waals surface area contributed by atoms with Gasteiger partial charge < -0.3 is 14.8 Å². The largest absolute Gasteiger partial charge is 0.490 e. The summed E-state index contributed by atoms with van der Waals surface area (Å²) in [6, 6.07) is 8.21. The molecule has 0 aliphatic carbocycles. The first-order valence-electron chi connectivity index (χ1n) is 8.90. The highest BCUT2D eigenvalue weighted by Gasteiger charge is 2.31. The number of halogens is 3. The van der Waals surface area contributed by atoms with E-state index in [0.717, 1.165) is 22.5 Å². The van der Waals surface area contributed by atoms with Crippen molar-refractivity contribution >= 4 is 21.6 Å². The van der Waals surface area contributed by atoms with Gasteiger partial charge in [0.15, 0.2) is 11.5 Å². The Morgan fingerprint density at radius 2 is 1.80 bits per heavy atom. The molecule has 0 saturated carbocycles. The molecule has 0 saturated heterocycles. The summed E-state index contributed by atoms with van der Waals surface area (Å²) in [6.45, 7) is 0.244. The number of sulfonamides is 1. The van der Waals surface area contributed by atoms with Crippen LogP contribution >= 0.6 is 0 Å². The third kappa shape index (κ3) is 5.03. The lowest BCUT2D eigenvalue weighted by Crippen LogP contribution is -2.35. The second-order valence-electron chi connectivity index (χ2n) is 6.55. The van der Waals surface area contributed by atoms with Crippen molar-refractivity contribution in [2.75, 3.05) is 32.1 Å². The topological polar surface area (TPSA) is 84.9 Å². The molecule has 0 bridgehead atoms. The van der Waals surface area contributed by atoms with Gasteiger partial charge in [-0.2, -0.15) is 17.5 Å². The van der Waals surface area contributed by atoms with Gasteiger partial charge in [0.1, 0.15) is 0 Å². The van der Waals surface area contributed by atoms with Crippen molar-refractivity contribution in [2.24, 2.45) is 0 Å². The molecule has 11 heteroatoms. The molecule has 1 N–H and O–H groups in total. The highest BCUT2D eigenvalue weighted by atomic mass is 32.2. The Balaban J connectivity index is 1.71. The minimum atomic E-state index is -4.56. The summed E-state index contributed by atoms with van der Waals surface area (Å²) in [5.74, 6) is -0.0680. The summed E-state index contributed by atoms with van der Waals surface area (Å²) >= 11 is 0. The number of carbonyl (C=O) groups is 1. The lowest BCUT2D eigenvalue weighted by molar-refractivity contribution is -0.137. The standard InChI is InChI=1S/C19H19F3N2O5S/c1-24(12-18(25)23-14-5-2-4-13(10-14)19(20,21)22)30(26,27)15-6-7-16-17(11-15)29-9-3-8-28-16/h2,4-7,10-11H,3,8-9,12H2,1H3,(H,23,25). The fourth-order valence-electron chi connectivity index (χ4n) is 2.75. The van der Waals surface area contributed by atoms with E-state index in [9.17, 15) is 26.4 Å². The number of anilines is 1. The van der Waals surface area contributed by atoms with Crippen molar-refractivity contribution in [3.8, 4) is 11.5 Å². The van der Waals surface area contributed by atoms with Gasteiger partial charge in [-0.15, -0.1) is 0 Å². The van der Waals surface area contributed by atoms with E-state index in [-0.39, 0.29) is 16.3 Å². The number of fused-ring (bicyclic) bond motifs is 1. The molecule has 0 aromatic heterocycles. The quantitative estimate of drug-likeness (QED) is 0.766. The minimum absolute atomic E-state index is 0.0868. The van der Waals surface area contributed by atoms with Gasteiger partial charge in [0.05, 0.1) is 30.2 Å². The highest BCUT2D eigenvalue weighted by Crippen LogP contribution is 2.33. The Morgan fingerprint density at radius 3 is 2.50 bits per heavy atom. The molecular weight excluding hydrogens is 425 g/mol. The van der Waals surface area contributed by atoms with Crippen LogP contribution in [-0.4, -0.2) is 45.4 Å². The normalized spacial score (nSPS) is 14.3. The van der Waals surface area contributed by atoms with Gasteiger partial charge in [0.25, 0.3) is 0 Å². The molecule has 1 aliphatic heterocycles. The van der Waals surface area contributed by atoms with Crippen molar-refractivity contribution in [1.82, 2.24) is 4.31 Å². The zero-order valence-corrected chi connectivity index (χ0v) is 16.7. The van der Waals surface area contributed by atoms with Gasteiger partial charge in [-0.05, 0) is 30.3 Å². The van der Waals surface area contributed by atoms with Crippen LogP contribution in [0.25, 0.3) is 0 Å². The number of hydrogen-bond donors (Lipinski definition) is 1. The SMILES string of the molecule is CN(CC(=O)Nc1cccc(C(F)(F)F)c1)S(=O)(=O)c1ccc2c(c1)OCCCO2. The number of amides is 1. The number of nitrogens with one attached hydrogen (secondary N) is 1. The average Bonchev–Trinajstić information content (AvgIpc) is 2.92. The van der Waals surface area contributed by atoms with Crippen LogP contribution in [0.3, 0.4) is 0 Å². The zero-order valence-electron chi connectivity index (χ0n) is 15.9. The van der Waals surface area contributed by atoms with E-state index in [4.69, 9.17) is 9.47 Å². The van der Waals surface area contributed by atoms with Gasteiger partial charge in [0, 0.05) is 25.2 Å². The first-order valence-corrected chi connectivity index (χ1v) is 10.3. The molecular formula is C19H19F3N2O5S. The Morgan fingerprint density at radius 1 is 1.10 bits per heavy atom. The van der Waals surface area contributed by atoms with E-state index in [2.05, 4.69) is 5.32 Å². The van der Waals surface area contributed by atoms with Crippen LogP contribution in [0.15, 0.2) is 47.4 Å². The number of hydrogen-bond acceptors (Lipinski definition) is 5. The summed E-state index contributed by atoms with van der Waals surface area (Å²) in [4.78, 5) is 12.1. The summed E-state index contributed by atoms with van der Waals surface area (Å²) < 4.78 is 75.7. The van der Waals surface area contributed by atoms with E-state index in [1.807, 2.05) is 0 Å². The van der Waals surface area contributed by atoms with Crippen LogP contribution in [0.5, 0.6) is 11.5 Å². The predicted octanol–water partition coefficient (Wildman–Crippen LogP) is 3.13. The number of rotatable bonds is 5. The third-order valence-electron chi connectivity index (χ3n) is 4.27. The predicted molar refractivity (Wildman–Crippen MR) is 102 cm³/mol. The number of alkyl halides is 3. The van der Waals surface area contributed by atoms with Gasteiger partial charge in [-0.25, -0.2) is 8.42 Å². The van der Waals surface area contributed by atoms with E-state index in [1.165, 1.54) is 31.3 Å². The molecule has 2 aromatic rings. The van der Waals surface area contributed by atoms with Crippen molar-refractivity contribution in [2.45, 2.75) is 17.5 Å². The first-order chi connectivity index (χ1) is 14.1. The molecule has 0 radical (unpaired) electrons. The highest BCUT2D eigenvalue weighted by molar-refractivity contribution is 7.89. The summed E-state index contributed by atoms with van der Waals surface area (Å²) in [5, 5.41) is 2.28. The number of likely N-dealkylation sites (N-methyl/N-ethyl adjacent to an activating group) is 1. The molecule has 0 atom stereocenters. The molecule has 0 spiro atoms. The van der Waals surface area contributed by atoms with Crippen LogP contribution < -0.4 is 14.8 Å². The first kappa shape index (κ1) is 21.9. The molecule has 0 unspecified atom stereocenters. The lowest BCUT2D eigenvalue weighted by atomic mass is 10.2. The third-order valence-corrected chi connectivity index (χ3v) is 6.07. The average molecular weight is 444 g/mol. The monoisotopic (exact) mass is 444 g/mol. The van der Waals surface area contributed by atoms with E-state index >= 15 is 0 Å². The van der Waals surface area contributed by atoms with Crippen molar-refractivity contribution in [3.05, 3.63) is 48.0 Å². The molecule has 2 aromatic carbocycles. The maximum atomic E-state index is 12.8. The molecule has 3 rings (SSSR count). The summed E-state index contributed by atoms with van der Waals surface area (Å²) in [7, 11) is -2.85.